The number of rotatable bonds is 5. The fraction of sp³-hybridized carbons (Fsp3) is 0.235. The van der Waals surface area contributed by atoms with Crippen molar-refractivity contribution >= 4 is 32.5 Å². The van der Waals surface area contributed by atoms with Crippen LogP contribution in [-0.4, -0.2) is 44.6 Å². The average Bonchev–Trinajstić information content (AvgIpc) is 2.66. The number of aromatic nitrogens is 3. The molecule has 0 atom stereocenters. The molecule has 0 amide bonds. The Morgan fingerprint density at radius 3 is 2.52 bits per heavy atom. The summed E-state index contributed by atoms with van der Waals surface area (Å²) >= 11 is 6.38. The number of aryl methyl sites for hydroxylation is 1. The second-order valence-corrected chi connectivity index (χ2v) is 7.76. The van der Waals surface area contributed by atoms with Gasteiger partial charge in [0.15, 0.2) is 0 Å². The summed E-state index contributed by atoms with van der Waals surface area (Å²) in [4.78, 5) is 12.7. The molecular formula is C17H17ClN4O4S. The first-order valence-corrected chi connectivity index (χ1v) is 9.67. The van der Waals surface area contributed by atoms with Gasteiger partial charge in [-0.3, -0.25) is 4.98 Å². The topological polar surface area (TPSA) is 103 Å². The van der Waals surface area contributed by atoms with Crippen LogP contribution in [0.15, 0.2) is 29.3 Å². The molecule has 3 aromatic rings. The molecule has 0 radical (unpaired) electrons. The number of fused-ring (bicyclic) bond motifs is 1. The summed E-state index contributed by atoms with van der Waals surface area (Å²) in [6, 6.07) is 5.44. The first-order chi connectivity index (χ1) is 12.8. The Morgan fingerprint density at radius 1 is 1.15 bits per heavy atom. The van der Waals surface area contributed by atoms with Crippen LogP contribution in [0.4, 0.5) is 0 Å². The Kier molecular flexibility index (Phi) is 5.18. The normalized spacial score (nSPS) is 11.6. The number of methoxy groups -OCH3 is 2. The molecule has 0 bridgehead atoms. The van der Waals surface area contributed by atoms with E-state index in [0.29, 0.717) is 28.0 Å². The Morgan fingerprint density at radius 2 is 1.89 bits per heavy atom. The van der Waals surface area contributed by atoms with E-state index in [4.69, 9.17) is 21.1 Å². The second kappa shape index (κ2) is 7.26. The summed E-state index contributed by atoms with van der Waals surface area (Å²) in [7, 11) is 0.566. The van der Waals surface area contributed by atoms with Crippen molar-refractivity contribution in [3.8, 4) is 23.0 Å². The largest absolute Gasteiger partial charge is 0.480 e. The molecule has 27 heavy (non-hydrogen) atoms. The van der Waals surface area contributed by atoms with E-state index < -0.39 is 10.0 Å². The maximum atomic E-state index is 12.2. The summed E-state index contributed by atoms with van der Waals surface area (Å²) in [6.07, 6.45) is 1.58. The van der Waals surface area contributed by atoms with Gasteiger partial charge >= 0.3 is 6.01 Å². The van der Waals surface area contributed by atoms with Crippen LogP contribution < -0.4 is 14.2 Å². The van der Waals surface area contributed by atoms with Gasteiger partial charge in [0.2, 0.25) is 15.9 Å². The van der Waals surface area contributed by atoms with E-state index in [2.05, 4.69) is 19.7 Å². The van der Waals surface area contributed by atoms with Crippen molar-refractivity contribution in [1.82, 2.24) is 19.7 Å². The highest BCUT2D eigenvalue weighted by molar-refractivity contribution is 7.89. The summed E-state index contributed by atoms with van der Waals surface area (Å²) in [6.45, 7) is 1.60. The zero-order valence-electron chi connectivity index (χ0n) is 15.1. The molecule has 2 aromatic heterocycles. The van der Waals surface area contributed by atoms with Crippen molar-refractivity contribution < 1.29 is 17.9 Å². The zero-order chi connectivity index (χ0) is 19.8. The van der Waals surface area contributed by atoms with Gasteiger partial charge in [0, 0.05) is 11.6 Å². The number of nitrogens with zero attached hydrogens (tertiary/aromatic N) is 3. The summed E-state index contributed by atoms with van der Waals surface area (Å²) in [5, 5.41) is 0.643. The molecule has 10 heteroatoms. The molecule has 0 unspecified atom stereocenters. The Bertz CT molecular complexity index is 1140. The molecule has 8 nitrogen and oxygen atoms in total. The van der Waals surface area contributed by atoms with E-state index in [9.17, 15) is 8.42 Å². The first kappa shape index (κ1) is 19.3. The highest BCUT2D eigenvalue weighted by atomic mass is 35.5. The van der Waals surface area contributed by atoms with E-state index in [1.165, 1.54) is 21.3 Å². The summed E-state index contributed by atoms with van der Waals surface area (Å²) in [5.41, 5.74) is 2.23. The van der Waals surface area contributed by atoms with Crippen molar-refractivity contribution in [3.63, 3.8) is 0 Å². The maximum Gasteiger partial charge on any atom is 0.319 e. The van der Waals surface area contributed by atoms with Gasteiger partial charge in [0.25, 0.3) is 0 Å². The van der Waals surface area contributed by atoms with Gasteiger partial charge in [0.1, 0.15) is 4.90 Å². The van der Waals surface area contributed by atoms with E-state index in [1.54, 1.807) is 31.3 Å². The lowest BCUT2D eigenvalue weighted by atomic mass is 10.1. The lowest BCUT2D eigenvalue weighted by Gasteiger charge is -2.13. The van der Waals surface area contributed by atoms with E-state index in [1.807, 2.05) is 0 Å². The van der Waals surface area contributed by atoms with Gasteiger partial charge in [-0.15, -0.1) is 0 Å². The fourth-order valence-electron chi connectivity index (χ4n) is 2.71. The van der Waals surface area contributed by atoms with Crippen LogP contribution in [-0.2, 0) is 10.0 Å². The molecular weight excluding hydrogens is 392 g/mol. The molecule has 142 valence electrons. The van der Waals surface area contributed by atoms with Gasteiger partial charge in [-0.2, -0.15) is 4.98 Å². The Labute approximate surface area is 161 Å². The lowest BCUT2D eigenvalue weighted by molar-refractivity contribution is 0.353. The van der Waals surface area contributed by atoms with Crippen LogP contribution in [0.2, 0.25) is 5.02 Å². The predicted octanol–water partition coefficient (Wildman–Crippen LogP) is 2.58. The standard InChI is InChI=1S/C17H17ClN4O4S/c1-9-15(27(23,24)19-2)14(18)11-6-5-10(7-13(11)21-9)12-8-20-17(26-4)22-16(12)25-3/h5-8,19H,1-4H3. The lowest BCUT2D eigenvalue weighted by Crippen LogP contribution is -2.20. The van der Waals surface area contributed by atoms with Crippen LogP contribution >= 0.6 is 11.6 Å². The average molecular weight is 409 g/mol. The number of ether oxygens (including phenoxy) is 2. The molecule has 0 aliphatic rings. The van der Waals surface area contributed by atoms with Crippen molar-refractivity contribution in [1.29, 1.82) is 0 Å². The number of hydrogen-bond acceptors (Lipinski definition) is 7. The molecule has 1 aromatic carbocycles. The highest BCUT2D eigenvalue weighted by Crippen LogP contribution is 2.35. The number of nitrogens with one attached hydrogen (secondary N) is 1. The third-order valence-corrected chi connectivity index (χ3v) is 6.09. The number of sulfonamides is 1. The monoisotopic (exact) mass is 408 g/mol. The minimum Gasteiger partial charge on any atom is -0.480 e. The first-order valence-electron chi connectivity index (χ1n) is 7.81. The molecule has 0 saturated heterocycles. The molecule has 2 heterocycles. The van der Waals surface area contributed by atoms with E-state index in [-0.39, 0.29) is 15.9 Å². The molecule has 0 aliphatic heterocycles. The van der Waals surface area contributed by atoms with Crippen LogP contribution in [0.25, 0.3) is 22.0 Å². The molecule has 3 rings (SSSR count). The SMILES string of the molecule is CNS(=O)(=O)c1c(C)nc2cc(-c3cnc(OC)nc3OC)ccc2c1Cl. The number of hydrogen-bond donors (Lipinski definition) is 1. The van der Waals surface area contributed by atoms with Crippen molar-refractivity contribution in [2.45, 2.75) is 11.8 Å². The van der Waals surface area contributed by atoms with E-state index >= 15 is 0 Å². The summed E-state index contributed by atoms with van der Waals surface area (Å²) in [5.74, 6) is 0.346. The molecule has 0 spiro atoms. The van der Waals surface area contributed by atoms with Gasteiger partial charge in [-0.05, 0) is 25.6 Å². The molecule has 0 saturated carbocycles. The fourth-order valence-corrected chi connectivity index (χ4v) is 4.29. The smallest absolute Gasteiger partial charge is 0.319 e. The van der Waals surface area contributed by atoms with Crippen molar-refractivity contribution in [3.05, 3.63) is 35.1 Å². The molecule has 0 aliphatic carbocycles. The van der Waals surface area contributed by atoms with Gasteiger partial charge in [0.05, 0.1) is 36.0 Å². The third-order valence-electron chi connectivity index (χ3n) is 4.01. The zero-order valence-corrected chi connectivity index (χ0v) is 16.6. The third kappa shape index (κ3) is 3.41. The highest BCUT2D eigenvalue weighted by Gasteiger charge is 2.23. The minimum atomic E-state index is -3.73. The van der Waals surface area contributed by atoms with Crippen molar-refractivity contribution in [2.24, 2.45) is 0 Å². The Balaban J connectivity index is 2.22. The number of benzene rings is 1. The Hall–Kier alpha value is -2.49. The predicted molar refractivity (Wildman–Crippen MR) is 102 cm³/mol. The van der Waals surface area contributed by atoms with Crippen molar-refractivity contribution in [2.75, 3.05) is 21.3 Å². The van der Waals surface area contributed by atoms with Gasteiger partial charge < -0.3 is 9.47 Å². The second-order valence-electron chi connectivity index (χ2n) is 5.56. The number of pyridine rings is 1. The number of halogens is 1. The van der Waals surface area contributed by atoms with Crippen LogP contribution in [0.1, 0.15) is 5.69 Å². The quantitative estimate of drug-likeness (QED) is 0.691. The minimum absolute atomic E-state index is 0.0303. The summed E-state index contributed by atoms with van der Waals surface area (Å²) < 4.78 is 37.1. The molecule has 1 N–H and O–H groups in total. The van der Waals surface area contributed by atoms with Crippen LogP contribution in [0.3, 0.4) is 0 Å². The van der Waals surface area contributed by atoms with Crippen LogP contribution in [0, 0.1) is 6.92 Å². The van der Waals surface area contributed by atoms with E-state index in [0.717, 1.165) is 5.56 Å². The van der Waals surface area contributed by atoms with Crippen LogP contribution in [0.5, 0.6) is 11.9 Å². The van der Waals surface area contributed by atoms with Gasteiger partial charge in [-0.25, -0.2) is 18.1 Å². The maximum absolute atomic E-state index is 12.2. The van der Waals surface area contributed by atoms with Gasteiger partial charge in [-0.1, -0.05) is 23.7 Å². The molecule has 0 fully saturated rings.